The van der Waals surface area contributed by atoms with E-state index in [4.69, 9.17) is 0 Å². The highest BCUT2D eigenvalue weighted by Gasteiger charge is 2.30. The smallest absolute Gasteiger partial charge is 0.261 e. The largest absolute Gasteiger partial charge is 0.352 e. The van der Waals surface area contributed by atoms with Crippen molar-refractivity contribution in [2.45, 2.75) is 18.9 Å². The summed E-state index contributed by atoms with van der Waals surface area (Å²) in [5, 5.41) is 9.35. The van der Waals surface area contributed by atoms with E-state index in [2.05, 4.69) is 21.7 Å². The first-order valence-corrected chi connectivity index (χ1v) is 12.8. The van der Waals surface area contributed by atoms with Gasteiger partial charge in [-0.15, -0.1) is 11.3 Å². The van der Waals surface area contributed by atoms with Crippen LogP contribution in [0.25, 0.3) is 10.8 Å². The second-order valence-electron chi connectivity index (χ2n) is 8.66. The first-order chi connectivity index (χ1) is 17.6. The van der Waals surface area contributed by atoms with Gasteiger partial charge in [0.05, 0.1) is 23.0 Å². The number of aromatic nitrogens is 1. The molecule has 1 atom stereocenters. The van der Waals surface area contributed by atoms with Gasteiger partial charge < -0.3 is 15.5 Å². The van der Waals surface area contributed by atoms with E-state index in [1.807, 2.05) is 58.8 Å². The van der Waals surface area contributed by atoms with Crippen molar-refractivity contribution in [3.8, 4) is 0 Å². The average Bonchev–Trinajstić information content (AvgIpc) is 3.46. The summed E-state index contributed by atoms with van der Waals surface area (Å²) >= 11 is 1.34. The highest BCUT2D eigenvalue weighted by molar-refractivity contribution is 7.12. The van der Waals surface area contributed by atoms with Gasteiger partial charge in [0.1, 0.15) is 0 Å². The Balaban J connectivity index is 1.27. The third-order valence-electron chi connectivity index (χ3n) is 6.49. The Hall–Kier alpha value is -4.04. The van der Waals surface area contributed by atoms with Gasteiger partial charge in [0.2, 0.25) is 5.91 Å². The van der Waals surface area contributed by atoms with Crippen molar-refractivity contribution in [3.05, 3.63) is 100 Å². The zero-order valence-electron chi connectivity index (χ0n) is 19.6. The lowest BCUT2D eigenvalue weighted by Crippen LogP contribution is -2.46. The maximum absolute atomic E-state index is 13.2. The summed E-state index contributed by atoms with van der Waals surface area (Å²) in [7, 11) is 0. The molecular formula is C28H26N4O3S. The molecule has 3 amide bonds. The predicted octanol–water partition coefficient (Wildman–Crippen LogP) is 3.97. The Morgan fingerprint density at radius 3 is 2.64 bits per heavy atom. The molecule has 0 radical (unpaired) electrons. The number of carbonyl (C=O) groups is 3. The highest BCUT2D eigenvalue weighted by atomic mass is 32.1. The first kappa shape index (κ1) is 23.7. The summed E-state index contributed by atoms with van der Waals surface area (Å²) in [5.74, 6) is -0.572. The Morgan fingerprint density at radius 1 is 0.944 bits per heavy atom. The number of pyridine rings is 1. The molecule has 0 aliphatic carbocycles. The van der Waals surface area contributed by atoms with E-state index in [-0.39, 0.29) is 30.3 Å². The van der Waals surface area contributed by atoms with E-state index in [0.29, 0.717) is 30.0 Å². The summed E-state index contributed by atoms with van der Waals surface area (Å²) in [5.41, 5.74) is 2.82. The predicted molar refractivity (Wildman–Crippen MR) is 140 cm³/mol. The van der Waals surface area contributed by atoms with Gasteiger partial charge in [0.15, 0.2) is 0 Å². The van der Waals surface area contributed by atoms with E-state index in [9.17, 15) is 14.4 Å². The topological polar surface area (TPSA) is 91.4 Å². The molecule has 0 saturated heterocycles. The normalized spacial score (nSPS) is 14.8. The molecule has 8 heteroatoms. The highest BCUT2D eigenvalue weighted by Crippen LogP contribution is 2.32. The van der Waals surface area contributed by atoms with E-state index in [0.717, 1.165) is 22.8 Å². The Morgan fingerprint density at radius 2 is 1.78 bits per heavy atom. The van der Waals surface area contributed by atoms with Crippen LogP contribution in [0.3, 0.4) is 0 Å². The number of thiophene rings is 1. The molecule has 1 aliphatic heterocycles. The van der Waals surface area contributed by atoms with Crippen LogP contribution < -0.4 is 10.6 Å². The van der Waals surface area contributed by atoms with E-state index in [1.54, 1.807) is 18.5 Å². The van der Waals surface area contributed by atoms with Gasteiger partial charge in [-0.1, -0.05) is 54.6 Å². The van der Waals surface area contributed by atoms with Crippen molar-refractivity contribution >= 4 is 39.8 Å². The summed E-state index contributed by atoms with van der Waals surface area (Å²) in [4.78, 5) is 45.1. The fraction of sp³-hybridized carbons (Fsp3) is 0.214. The number of nitrogens with zero attached hydrogens (tertiary/aromatic N) is 2. The van der Waals surface area contributed by atoms with Gasteiger partial charge in [-0.2, -0.15) is 0 Å². The first-order valence-electron chi connectivity index (χ1n) is 11.9. The van der Waals surface area contributed by atoms with Crippen LogP contribution in [0.1, 0.15) is 43.6 Å². The number of fused-ring (bicyclic) bond motifs is 2. The third-order valence-corrected chi connectivity index (χ3v) is 7.36. The molecule has 36 heavy (non-hydrogen) atoms. The Bertz CT molecular complexity index is 1400. The lowest BCUT2D eigenvalue weighted by Gasteiger charge is -2.37. The zero-order chi connectivity index (χ0) is 24.9. The van der Waals surface area contributed by atoms with Crippen LogP contribution in [0.4, 0.5) is 0 Å². The summed E-state index contributed by atoms with van der Waals surface area (Å²) in [6, 6.07) is 19.1. The Kier molecular flexibility index (Phi) is 7.04. The van der Waals surface area contributed by atoms with Crippen molar-refractivity contribution < 1.29 is 14.4 Å². The number of nitrogens with one attached hydrogen (secondary N) is 2. The molecule has 182 valence electrons. The van der Waals surface area contributed by atoms with Crippen LogP contribution in [0, 0.1) is 0 Å². The van der Waals surface area contributed by atoms with Gasteiger partial charge in [-0.05, 0) is 40.8 Å². The monoisotopic (exact) mass is 498 g/mol. The second-order valence-corrected chi connectivity index (χ2v) is 9.61. The fourth-order valence-electron chi connectivity index (χ4n) is 4.73. The van der Waals surface area contributed by atoms with E-state index < -0.39 is 0 Å². The van der Waals surface area contributed by atoms with Gasteiger partial charge in [0, 0.05) is 30.9 Å². The van der Waals surface area contributed by atoms with Gasteiger partial charge >= 0.3 is 0 Å². The van der Waals surface area contributed by atoms with E-state index in [1.165, 1.54) is 16.9 Å². The van der Waals surface area contributed by atoms with Crippen LogP contribution >= 0.6 is 11.3 Å². The van der Waals surface area contributed by atoms with Gasteiger partial charge in [-0.25, -0.2) is 0 Å². The van der Waals surface area contributed by atoms with Crippen LogP contribution in [0.5, 0.6) is 0 Å². The molecule has 0 spiro atoms. The molecule has 7 nitrogen and oxygen atoms in total. The SMILES string of the molecule is O=C(NCC(=O)N1CCc2ccccc2C1CCNC(=O)c1cncc2ccccc12)c1cccs1. The third kappa shape index (κ3) is 4.99. The maximum atomic E-state index is 13.2. The van der Waals surface area contributed by atoms with Gasteiger partial charge in [0.25, 0.3) is 11.8 Å². The number of benzene rings is 2. The summed E-state index contributed by atoms with van der Waals surface area (Å²) < 4.78 is 0. The molecule has 1 unspecified atom stereocenters. The molecule has 5 rings (SSSR count). The van der Waals surface area contributed by atoms with Crippen LogP contribution in [-0.4, -0.2) is 47.2 Å². The minimum atomic E-state index is -0.247. The standard InChI is InChI=1S/C28H26N4O3S/c33-26(18-31-28(35)25-10-5-15-36-25)32-14-12-19-6-1-4-9-22(19)24(32)11-13-30-27(34)23-17-29-16-20-7-2-3-8-21(20)23/h1-10,15-17,24H,11-14,18H2,(H,30,34)(H,31,35). The van der Waals surface area contributed by atoms with Crippen molar-refractivity contribution in [2.75, 3.05) is 19.6 Å². The van der Waals surface area contributed by atoms with Crippen molar-refractivity contribution in [1.82, 2.24) is 20.5 Å². The minimum absolute atomic E-state index is 0.0660. The molecule has 2 aromatic carbocycles. The lowest BCUT2D eigenvalue weighted by molar-refractivity contribution is -0.133. The zero-order valence-corrected chi connectivity index (χ0v) is 20.5. The van der Waals surface area contributed by atoms with Crippen molar-refractivity contribution in [3.63, 3.8) is 0 Å². The Labute approximate surface area is 213 Å². The minimum Gasteiger partial charge on any atom is -0.352 e. The molecule has 0 saturated carbocycles. The maximum Gasteiger partial charge on any atom is 0.261 e. The lowest BCUT2D eigenvalue weighted by atomic mass is 9.90. The molecule has 2 N–H and O–H groups in total. The number of amides is 3. The molecule has 3 heterocycles. The number of carbonyl (C=O) groups excluding carboxylic acids is 3. The molecule has 0 fully saturated rings. The van der Waals surface area contributed by atoms with Crippen molar-refractivity contribution in [2.24, 2.45) is 0 Å². The van der Waals surface area contributed by atoms with Gasteiger partial charge in [-0.3, -0.25) is 19.4 Å². The van der Waals surface area contributed by atoms with Crippen LogP contribution in [-0.2, 0) is 11.2 Å². The van der Waals surface area contributed by atoms with Crippen molar-refractivity contribution in [1.29, 1.82) is 0 Å². The average molecular weight is 499 g/mol. The second kappa shape index (κ2) is 10.7. The summed E-state index contributed by atoms with van der Waals surface area (Å²) in [6.45, 7) is 0.895. The van der Waals surface area contributed by atoms with Crippen LogP contribution in [0.2, 0.25) is 0 Å². The van der Waals surface area contributed by atoms with Crippen LogP contribution in [0.15, 0.2) is 78.4 Å². The molecule has 0 bridgehead atoms. The molecule has 4 aromatic rings. The summed E-state index contributed by atoms with van der Waals surface area (Å²) in [6.07, 6.45) is 4.64. The quantitative estimate of drug-likeness (QED) is 0.403. The number of rotatable bonds is 7. The molecular weight excluding hydrogens is 472 g/mol. The molecule has 1 aliphatic rings. The van der Waals surface area contributed by atoms with E-state index >= 15 is 0 Å². The fourth-order valence-corrected chi connectivity index (χ4v) is 5.37. The molecule has 2 aromatic heterocycles. The number of hydrogen-bond donors (Lipinski definition) is 2. The number of hydrogen-bond acceptors (Lipinski definition) is 5.